The Labute approximate surface area is 143 Å². The molecule has 0 bridgehead atoms. The molecule has 0 fully saturated rings. The van der Waals surface area contributed by atoms with Crippen LogP contribution in [0.4, 0.5) is 14.5 Å². The second kappa shape index (κ2) is 6.93. The first-order valence-corrected chi connectivity index (χ1v) is 7.61. The molecule has 0 radical (unpaired) electrons. The number of benzene rings is 1. The largest absolute Gasteiger partial charge is 0.322 e. The molecular weight excluding hydrogens is 403 g/mol. The minimum Gasteiger partial charge on any atom is -0.322 e. The first-order chi connectivity index (χ1) is 10.3. The van der Waals surface area contributed by atoms with Gasteiger partial charge in [-0.15, -0.1) is 0 Å². The lowest BCUT2D eigenvalue weighted by molar-refractivity contribution is -0.117. The lowest BCUT2D eigenvalue weighted by Crippen LogP contribution is -2.20. The van der Waals surface area contributed by atoms with Crippen molar-refractivity contribution >= 4 is 50.7 Å². The van der Waals surface area contributed by atoms with Gasteiger partial charge in [-0.05, 0) is 35.0 Å². The topological polar surface area (TPSA) is 46.9 Å². The Kier molecular flexibility index (Phi) is 5.41. The van der Waals surface area contributed by atoms with Gasteiger partial charge in [0.1, 0.15) is 12.2 Å². The molecule has 4 nitrogen and oxygen atoms in total. The van der Waals surface area contributed by atoms with Crippen molar-refractivity contribution in [2.45, 2.75) is 19.9 Å². The number of nitrogens with one attached hydrogen (secondary N) is 1. The molecule has 1 aromatic heterocycles. The van der Waals surface area contributed by atoms with Crippen molar-refractivity contribution in [3.05, 3.63) is 44.1 Å². The maximum absolute atomic E-state index is 12.8. The predicted octanol–water partition coefficient (Wildman–Crippen LogP) is 4.84. The number of halogens is 5. The molecule has 1 N–H and O–H groups in total. The summed E-state index contributed by atoms with van der Waals surface area (Å²) in [6, 6.07) is 4.80. The standard InChI is InChI=1S/C13H10BrCl2F2N3O/c1-6-10(14)12(13(17)18)20-21(6)5-9(22)19-11-7(15)3-2-4-8(11)16/h2-4,13H,5H2,1H3,(H,19,22). The number of carbonyl (C=O) groups is 1. The van der Waals surface area contributed by atoms with Gasteiger partial charge < -0.3 is 5.32 Å². The lowest BCUT2D eigenvalue weighted by atomic mass is 10.3. The molecule has 2 aromatic rings. The van der Waals surface area contributed by atoms with Crippen LogP contribution in [0.3, 0.4) is 0 Å². The van der Waals surface area contributed by atoms with Crippen molar-refractivity contribution in [2.24, 2.45) is 0 Å². The van der Waals surface area contributed by atoms with Crippen LogP contribution in [0.5, 0.6) is 0 Å². The number of hydrogen-bond donors (Lipinski definition) is 1. The van der Waals surface area contributed by atoms with Crippen molar-refractivity contribution in [3.8, 4) is 0 Å². The number of carbonyl (C=O) groups excluding carboxylic acids is 1. The smallest absolute Gasteiger partial charge is 0.283 e. The summed E-state index contributed by atoms with van der Waals surface area (Å²) in [7, 11) is 0. The van der Waals surface area contributed by atoms with E-state index in [4.69, 9.17) is 23.2 Å². The zero-order chi connectivity index (χ0) is 16.4. The average molecular weight is 413 g/mol. The highest BCUT2D eigenvalue weighted by atomic mass is 79.9. The van der Waals surface area contributed by atoms with Gasteiger partial charge in [-0.1, -0.05) is 29.3 Å². The van der Waals surface area contributed by atoms with Gasteiger partial charge in [-0.2, -0.15) is 5.10 Å². The monoisotopic (exact) mass is 411 g/mol. The van der Waals surface area contributed by atoms with Crippen molar-refractivity contribution < 1.29 is 13.6 Å². The van der Waals surface area contributed by atoms with Gasteiger partial charge in [0.15, 0.2) is 0 Å². The van der Waals surface area contributed by atoms with Crippen molar-refractivity contribution in [3.63, 3.8) is 0 Å². The van der Waals surface area contributed by atoms with Crippen LogP contribution in [0.15, 0.2) is 22.7 Å². The summed E-state index contributed by atoms with van der Waals surface area (Å²) in [5.74, 6) is -0.478. The molecule has 118 valence electrons. The molecule has 22 heavy (non-hydrogen) atoms. The number of para-hydroxylation sites is 1. The summed E-state index contributed by atoms with van der Waals surface area (Å²) in [5, 5.41) is 6.84. The Morgan fingerprint density at radius 3 is 2.50 bits per heavy atom. The fraction of sp³-hybridized carbons (Fsp3) is 0.231. The highest BCUT2D eigenvalue weighted by Gasteiger charge is 2.21. The summed E-state index contributed by atoms with van der Waals surface area (Å²) >= 11 is 14.9. The minimum atomic E-state index is -2.73. The second-order valence-corrected chi connectivity index (χ2v) is 6.00. The van der Waals surface area contributed by atoms with E-state index in [0.717, 1.165) is 0 Å². The molecule has 0 aliphatic rings. The molecule has 0 spiro atoms. The normalized spacial score (nSPS) is 11.0. The van der Waals surface area contributed by atoms with E-state index in [2.05, 4.69) is 26.3 Å². The third-order valence-corrected chi connectivity index (χ3v) is 4.50. The number of anilines is 1. The molecule has 1 aromatic carbocycles. The van der Waals surface area contributed by atoms with Crippen LogP contribution in [-0.4, -0.2) is 15.7 Å². The van der Waals surface area contributed by atoms with E-state index in [1.54, 1.807) is 25.1 Å². The van der Waals surface area contributed by atoms with Crippen LogP contribution in [0, 0.1) is 6.92 Å². The van der Waals surface area contributed by atoms with Gasteiger partial charge >= 0.3 is 0 Å². The quantitative estimate of drug-likeness (QED) is 0.781. The Morgan fingerprint density at radius 2 is 2.00 bits per heavy atom. The van der Waals surface area contributed by atoms with Gasteiger partial charge in [0, 0.05) is 0 Å². The Balaban J connectivity index is 2.18. The fourth-order valence-electron chi connectivity index (χ4n) is 1.77. The molecule has 0 saturated carbocycles. The van der Waals surface area contributed by atoms with E-state index in [0.29, 0.717) is 5.69 Å². The van der Waals surface area contributed by atoms with Crippen LogP contribution in [0.1, 0.15) is 17.8 Å². The van der Waals surface area contributed by atoms with E-state index < -0.39 is 18.0 Å². The molecule has 0 unspecified atom stereocenters. The predicted molar refractivity (Wildman–Crippen MR) is 84.7 cm³/mol. The van der Waals surface area contributed by atoms with Crippen LogP contribution < -0.4 is 5.32 Å². The molecule has 0 saturated heterocycles. The first-order valence-electron chi connectivity index (χ1n) is 6.06. The van der Waals surface area contributed by atoms with E-state index >= 15 is 0 Å². The number of alkyl halides is 2. The summed E-state index contributed by atoms with van der Waals surface area (Å²) < 4.78 is 26.9. The van der Waals surface area contributed by atoms with Crippen LogP contribution >= 0.6 is 39.1 Å². The van der Waals surface area contributed by atoms with Crippen LogP contribution in [-0.2, 0) is 11.3 Å². The van der Waals surface area contributed by atoms with Crippen LogP contribution in [0.2, 0.25) is 10.0 Å². The number of nitrogens with zero attached hydrogens (tertiary/aromatic N) is 2. The second-order valence-electron chi connectivity index (χ2n) is 4.39. The summed E-state index contributed by atoms with van der Waals surface area (Å²) in [4.78, 5) is 12.0. The zero-order valence-corrected chi connectivity index (χ0v) is 14.3. The van der Waals surface area contributed by atoms with E-state index in [9.17, 15) is 13.6 Å². The van der Waals surface area contributed by atoms with Gasteiger partial charge in [0.2, 0.25) is 5.91 Å². The molecular formula is C13H10BrCl2F2N3O. The molecule has 0 aliphatic carbocycles. The lowest BCUT2D eigenvalue weighted by Gasteiger charge is -2.10. The van der Waals surface area contributed by atoms with E-state index in [1.807, 2.05) is 0 Å². The molecule has 9 heteroatoms. The molecule has 0 aliphatic heterocycles. The highest BCUT2D eigenvalue weighted by molar-refractivity contribution is 9.10. The molecule has 1 heterocycles. The number of hydrogen-bond acceptors (Lipinski definition) is 2. The molecule has 1 amide bonds. The maximum Gasteiger partial charge on any atom is 0.283 e. The van der Waals surface area contributed by atoms with Crippen LogP contribution in [0.25, 0.3) is 0 Å². The number of aromatic nitrogens is 2. The third kappa shape index (κ3) is 3.59. The van der Waals surface area contributed by atoms with Gasteiger partial charge in [0.25, 0.3) is 6.43 Å². The van der Waals surface area contributed by atoms with E-state index in [1.165, 1.54) is 4.68 Å². The van der Waals surface area contributed by atoms with Gasteiger partial charge in [0.05, 0.1) is 25.9 Å². The Morgan fingerprint density at radius 1 is 1.41 bits per heavy atom. The van der Waals surface area contributed by atoms with Crippen molar-refractivity contribution in [2.75, 3.05) is 5.32 Å². The Hall–Kier alpha value is -1.18. The number of amides is 1. The third-order valence-electron chi connectivity index (χ3n) is 2.89. The van der Waals surface area contributed by atoms with Gasteiger partial charge in [-0.25, -0.2) is 8.78 Å². The first kappa shape index (κ1) is 17.2. The highest BCUT2D eigenvalue weighted by Crippen LogP contribution is 2.31. The average Bonchev–Trinajstić information content (AvgIpc) is 2.71. The summed E-state index contributed by atoms with van der Waals surface area (Å²) in [6.45, 7) is 1.34. The van der Waals surface area contributed by atoms with Gasteiger partial charge in [-0.3, -0.25) is 9.48 Å². The summed E-state index contributed by atoms with van der Waals surface area (Å²) in [6.07, 6.45) is -2.73. The van der Waals surface area contributed by atoms with Crippen molar-refractivity contribution in [1.82, 2.24) is 9.78 Å². The maximum atomic E-state index is 12.8. The molecule has 2 rings (SSSR count). The van der Waals surface area contributed by atoms with E-state index in [-0.39, 0.29) is 26.8 Å². The summed E-state index contributed by atoms with van der Waals surface area (Å²) in [5.41, 5.74) is 0.297. The SMILES string of the molecule is Cc1c(Br)c(C(F)F)nn1CC(=O)Nc1c(Cl)cccc1Cl. The molecule has 0 atom stereocenters. The minimum absolute atomic E-state index is 0.186. The Bertz CT molecular complexity index is 701. The zero-order valence-electron chi connectivity index (χ0n) is 11.2. The van der Waals surface area contributed by atoms with Crippen molar-refractivity contribution in [1.29, 1.82) is 0 Å². The fourth-order valence-corrected chi connectivity index (χ4v) is 2.72. The number of rotatable bonds is 4.